The number of morpholine rings is 1. The average molecular weight is 494 g/mol. The van der Waals surface area contributed by atoms with Crippen LogP contribution >= 0.6 is 0 Å². The van der Waals surface area contributed by atoms with E-state index in [4.69, 9.17) is 4.74 Å². The summed E-state index contributed by atoms with van der Waals surface area (Å²) in [6.07, 6.45) is -1.82. The first-order chi connectivity index (χ1) is 16.1. The summed E-state index contributed by atoms with van der Waals surface area (Å²) in [5, 5.41) is 0. The van der Waals surface area contributed by atoms with E-state index in [-0.39, 0.29) is 5.69 Å². The molecule has 1 saturated heterocycles. The SMILES string of the molecule is Cc1ncc(-c2c(C)ncnc2N2CCOCC2)cc1NS(=O)(=O)c1ccccc1C(F)(F)F. The number of hydrogen-bond donors (Lipinski definition) is 1. The Labute approximate surface area is 194 Å². The van der Waals surface area contributed by atoms with Gasteiger partial charge in [-0.05, 0) is 32.0 Å². The van der Waals surface area contributed by atoms with Crippen molar-refractivity contribution in [2.24, 2.45) is 0 Å². The van der Waals surface area contributed by atoms with Gasteiger partial charge in [-0.3, -0.25) is 9.71 Å². The Morgan fingerprint density at radius 3 is 2.44 bits per heavy atom. The number of aromatic nitrogens is 3. The quantitative estimate of drug-likeness (QED) is 0.577. The van der Waals surface area contributed by atoms with Crippen LogP contribution in [-0.4, -0.2) is 49.7 Å². The molecule has 3 aromatic rings. The third-order valence-electron chi connectivity index (χ3n) is 5.43. The van der Waals surface area contributed by atoms with Crippen molar-refractivity contribution in [1.29, 1.82) is 0 Å². The topological polar surface area (TPSA) is 97.3 Å². The number of nitrogens with zero attached hydrogens (tertiary/aromatic N) is 4. The Bertz CT molecular complexity index is 1310. The summed E-state index contributed by atoms with van der Waals surface area (Å²) in [6.45, 7) is 5.68. The lowest BCUT2D eigenvalue weighted by atomic mass is 10.0. The molecule has 0 amide bonds. The number of pyridine rings is 1. The molecule has 8 nitrogen and oxygen atoms in total. The highest BCUT2D eigenvalue weighted by molar-refractivity contribution is 7.92. The van der Waals surface area contributed by atoms with Gasteiger partial charge in [0.05, 0.1) is 40.7 Å². The molecule has 34 heavy (non-hydrogen) atoms. The fourth-order valence-corrected chi connectivity index (χ4v) is 5.06. The zero-order chi connectivity index (χ0) is 24.5. The molecule has 0 radical (unpaired) electrons. The van der Waals surface area contributed by atoms with Gasteiger partial charge in [0.25, 0.3) is 10.0 Å². The molecular formula is C22H22F3N5O3S. The monoisotopic (exact) mass is 493 g/mol. The molecule has 0 aliphatic carbocycles. The minimum atomic E-state index is -4.83. The van der Waals surface area contributed by atoms with Crippen LogP contribution in [0.4, 0.5) is 24.7 Å². The molecule has 1 fully saturated rings. The molecule has 1 N–H and O–H groups in total. The Morgan fingerprint density at radius 2 is 1.74 bits per heavy atom. The second-order valence-electron chi connectivity index (χ2n) is 7.71. The van der Waals surface area contributed by atoms with Crippen LogP contribution in [0.2, 0.25) is 0 Å². The van der Waals surface area contributed by atoms with Gasteiger partial charge in [0.15, 0.2) is 0 Å². The minimum absolute atomic E-state index is 0.0608. The standard InChI is InChI=1S/C22H22F3N5O3S/c1-14-18(29-34(31,32)19-6-4-3-5-17(19)22(23,24)25)11-16(12-26-14)20-15(2)27-13-28-21(20)30-7-9-33-10-8-30/h3-6,11-13,29H,7-10H2,1-2H3. The first-order valence-electron chi connectivity index (χ1n) is 10.4. The predicted octanol–water partition coefficient (Wildman–Crippen LogP) is 3.81. The van der Waals surface area contributed by atoms with E-state index in [0.29, 0.717) is 54.6 Å². The van der Waals surface area contributed by atoms with Crippen molar-refractivity contribution in [3.05, 3.63) is 59.8 Å². The van der Waals surface area contributed by atoms with E-state index in [9.17, 15) is 21.6 Å². The molecule has 12 heteroatoms. The lowest BCUT2D eigenvalue weighted by molar-refractivity contribution is -0.139. The maximum absolute atomic E-state index is 13.4. The summed E-state index contributed by atoms with van der Waals surface area (Å²) in [5.74, 6) is 0.651. The molecule has 1 aliphatic rings. The number of hydrogen-bond acceptors (Lipinski definition) is 7. The Kier molecular flexibility index (Phi) is 6.45. The highest BCUT2D eigenvalue weighted by Crippen LogP contribution is 2.36. The number of alkyl halides is 3. The number of nitrogens with one attached hydrogen (secondary N) is 1. The highest BCUT2D eigenvalue weighted by Gasteiger charge is 2.37. The fraction of sp³-hybridized carbons (Fsp3) is 0.318. The molecule has 1 aromatic carbocycles. The van der Waals surface area contributed by atoms with Gasteiger partial charge in [-0.25, -0.2) is 18.4 Å². The van der Waals surface area contributed by atoms with Gasteiger partial charge in [-0.15, -0.1) is 0 Å². The lowest BCUT2D eigenvalue weighted by Crippen LogP contribution is -2.37. The number of benzene rings is 1. The Hall–Kier alpha value is -3.25. The van der Waals surface area contributed by atoms with Crippen LogP contribution in [-0.2, 0) is 20.9 Å². The van der Waals surface area contributed by atoms with Crippen LogP contribution in [0.25, 0.3) is 11.1 Å². The third kappa shape index (κ3) is 4.82. The van der Waals surface area contributed by atoms with Crippen molar-refractivity contribution in [3.63, 3.8) is 0 Å². The van der Waals surface area contributed by atoms with E-state index in [1.54, 1.807) is 20.0 Å². The summed E-state index contributed by atoms with van der Waals surface area (Å²) < 4.78 is 73.9. The molecular weight excluding hydrogens is 471 g/mol. The zero-order valence-corrected chi connectivity index (χ0v) is 19.2. The molecule has 0 atom stereocenters. The molecule has 3 heterocycles. The number of sulfonamides is 1. The van der Waals surface area contributed by atoms with Crippen LogP contribution in [0.15, 0.2) is 47.8 Å². The second-order valence-corrected chi connectivity index (χ2v) is 9.36. The van der Waals surface area contributed by atoms with Crippen LogP contribution in [0.5, 0.6) is 0 Å². The van der Waals surface area contributed by atoms with Gasteiger partial charge in [-0.1, -0.05) is 12.1 Å². The summed E-state index contributed by atoms with van der Waals surface area (Å²) in [4.78, 5) is 14.1. The molecule has 0 unspecified atom stereocenters. The predicted molar refractivity (Wildman–Crippen MR) is 120 cm³/mol. The highest BCUT2D eigenvalue weighted by atomic mass is 32.2. The molecule has 0 saturated carbocycles. The fourth-order valence-electron chi connectivity index (χ4n) is 3.72. The van der Waals surface area contributed by atoms with Crippen molar-refractivity contribution >= 4 is 21.5 Å². The second kappa shape index (κ2) is 9.18. The average Bonchev–Trinajstić information content (AvgIpc) is 2.80. The van der Waals surface area contributed by atoms with E-state index >= 15 is 0 Å². The summed E-state index contributed by atoms with van der Waals surface area (Å²) in [7, 11) is -4.56. The summed E-state index contributed by atoms with van der Waals surface area (Å²) in [5.41, 5.74) is 0.967. The summed E-state index contributed by atoms with van der Waals surface area (Å²) >= 11 is 0. The van der Waals surface area contributed by atoms with Crippen molar-refractivity contribution in [2.45, 2.75) is 24.9 Å². The smallest absolute Gasteiger partial charge is 0.378 e. The molecule has 0 bridgehead atoms. The molecule has 180 valence electrons. The first-order valence-corrected chi connectivity index (χ1v) is 11.9. The first kappa shape index (κ1) is 23.9. The van der Waals surface area contributed by atoms with Crippen molar-refractivity contribution in [3.8, 4) is 11.1 Å². The number of ether oxygens (including phenoxy) is 1. The van der Waals surface area contributed by atoms with Gasteiger partial charge in [0, 0.05) is 30.4 Å². The van der Waals surface area contributed by atoms with Crippen molar-refractivity contribution in [2.75, 3.05) is 35.9 Å². The number of rotatable bonds is 5. The molecule has 0 spiro atoms. The third-order valence-corrected chi connectivity index (χ3v) is 6.85. The normalized spacial score (nSPS) is 14.8. The van der Waals surface area contributed by atoms with Crippen LogP contribution < -0.4 is 9.62 Å². The largest absolute Gasteiger partial charge is 0.417 e. The Morgan fingerprint density at radius 1 is 1.03 bits per heavy atom. The van der Waals surface area contributed by atoms with Gasteiger partial charge in [0.2, 0.25) is 0 Å². The van der Waals surface area contributed by atoms with Gasteiger partial charge < -0.3 is 9.64 Å². The number of aryl methyl sites for hydroxylation is 2. The molecule has 4 rings (SSSR count). The van der Waals surface area contributed by atoms with Crippen LogP contribution in [0.3, 0.4) is 0 Å². The maximum atomic E-state index is 13.4. The molecule has 1 aliphatic heterocycles. The molecule has 2 aromatic heterocycles. The van der Waals surface area contributed by atoms with Gasteiger partial charge in [-0.2, -0.15) is 13.2 Å². The van der Waals surface area contributed by atoms with Gasteiger partial charge in [0.1, 0.15) is 12.1 Å². The van der Waals surface area contributed by atoms with Crippen LogP contribution in [0.1, 0.15) is 17.0 Å². The van der Waals surface area contributed by atoms with E-state index in [0.717, 1.165) is 18.2 Å². The Balaban J connectivity index is 1.76. The van der Waals surface area contributed by atoms with Crippen molar-refractivity contribution < 1.29 is 26.3 Å². The van der Waals surface area contributed by atoms with E-state index < -0.39 is 26.7 Å². The van der Waals surface area contributed by atoms with E-state index in [1.807, 2.05) is 4.90 Å². The maximum Gasteiger partial charge on any atom is 0.417 e. The minimum Gasteiger partial charge on any atom is -0.378 e. The van der Waals surface area contributed by atoms with E-state index in [1.165, 1.54) is 18.5 Å². The van der Waals surface area contributed by atoms with Crippen molar-refractivity contribution in [1.82, 2.24) is 15.0 Å². The van der Waals surface area contributed by atoms with Crippen LogP contribution in [0, 0.1) is 13.8 Å². The summed E-state index contributed by atoms with van der Waals surface area (Å²) in [6, 6.07) is 5.57. The number of halogens is 3. The number of anilines is 2. The zero-order valence-electron chi connectivity index (χ0n) is 18.4. The lowest BCUT2D eigenvalue weighted by Gasteiger charge is -2.29. The van der Waals surface area contributed by atoms with Gasteiger partial charge >= 0.3 is 6.18 Å². The van der Waals surface area contributed by atoms with E-state index in [2.05, 4.69) is 19.7 Å².